The molecule has 8 nitrogen and oxygen atoms in total. The highest BCUT2D eigenvalue weighted by molar-refractivity contribution is 7.92. The van der Waals surface area contributed by atoms with E-state index in [1.54, 1.807) is 0 Å². The molecule has 9 heteroatoms. The number of carbonyl (C=O) groups is 3. The molecule has 0 aliphatic rings. The first-order chi connectivity index (χ1) is 10.6. The number of carboxylic acids is 1. The number of hydrogen-bond donors (Lipinski definition) is 2. The van der Waals surface area contributed by atoms with Gasteiger partial charge < -0.3 is 15.3 Å². The zero-order chi connectivity index (χ0) is 17.6. The van der Waals surface area contributed by atoms with Gasteiger partial charge in [0.15, 0.2) is 9.84 Å². The zero-order valence-corrected chi connectivity index (χ0v) is 13.6. The summed E-state index contributed by atoms with van der Waals surface area (Å²) in [7, 11) is -0.854. The summed E-state index contributed by atoms with van der Waals surface area (Å²) < 4.78 is 24.1. The largest absolute Gasteiger partial charge is 0.481 e. The van der Waals surface area contributed by atoms with E-state index in [1.807, 2.05) is 0 Å². The van der Waals surface area contributed by atoms with Crippen molar-refractivity contribution in [1.29, 1.82) is 0 Å². The average Bonchev–Trinajstić information content (AvgIpc) is 2.46. The van der Waals surface area contributed by atoms with Crippen LogP contribution >= 0.6 is 0 Å². The number of rotatable bonds is 7. The van der Waals surface area contributed by atoms with Crippen LogP contribution < -0.4 is 5.32 Å². The molecule has 1 rings (SSSR count). The number of nitrogens with zero attached hydrogens (tertiary/aromatic N) is 1. The number of amides is 2. The van der Waals surface area contributed by atoms with Crippen molar-refractivity contribution in [2.24, 2.45) is 0 Å². The lowest BCUT2D eigenvalue weighted by Gasteiger charge is -2.11. The fourth-order valence-corrected chi connectivity index (χ4v) is 2.87. The molecule has 0 radical (unpaired) electrons. The molecule has 0 saturated carbocycles. The Labute approximate surface area is 134 Å². The van der Waals surface area contributed by atoms with Crippen LogP contribution in [0.1, 0.15) is 16.8 Å². The van der Waals surface area contributed by atoms with Gasteiger partial charge in [0.2, 0.25) is 5.91 Å². The van der Waals surface area contributed by atoms with Gasteiger partial charge in [-0.05, 0) is 24.3 Å². The quantitative estimate of drug-likeness (QED) is 0.705. The molecule has 0 fully saturated rings. The van der Waals surface area contributed by atoms with E-state index >= 15 is 0 Å². The number of nitrogens with one attached hydrogen (secondary N) is 1. The van der Waals surface area contributed by atoms with Gasteiger partial charge in [-0.15, -0.1) is 0 Å². The second-order valence-corrected chi connectivity index (χ2v) is 6.96. The molecule has 0 bridgehead atoms. The summed E-state index contributed by atoms with van der Waals surface area (Å²) in [5.41, 5.74) is 0.202. The van der Waals surface area contributed by atoms with Crippen LogP contribution in [0.3, 0.4) is 0 Å². The van der Waals surface area contributed by atoms with Crippen LogP contribution in [0, 0.1) is 0 Å². The molecule has 126 valence electrons. The van der Waals surface area contributed by atoms with E-state index in [-0.39, 0.29) is 23.4 Å². The van der Waals surface area contributed by atoms with Gasteiger partial charge in [-0.2, -0.15) is 0 Å². The van der Waals surface area contributed by atoms with Gasteiger partial charge in [0.25, 0.3) is 5.91 Å². The normalized spacial score (nSPS) is 10.9. The highest BCUT2D eigenvalue weighted by Crippen LogP contribution is 2.13. The Balaban J connectivity index is 2.77. The van der Waals surface area contributed by atoms with E-state index in [0.29, 0.717) is 0 Å². The number of aliphatic carboxylic acids is 1. The van der Waals surface area contributed by atoms with Gasteiger partial charge in [0.1, 0.15) is 5.75 Å². The molecule has 2 amide bonds. The SMILES string of the molecule is CN(C)C(=O)CS(=O)(=O)c1ccc(C(=O)NCCC(=O)O)cc1. The third-order valence-corrected chi connectivity index (χ3v) is 4.53. The maximum Gasteiger partial charge on any atom is 0.305 e. The van der Waals surface area contributed by atoms with Crippen molar-refractivity contribution in [2.75, 3.05) is 26.4 Å². The predicted molar refractivity (Wildman–Crippen MR) is 81.8 cm³/mol. The Morgan fingerprint density at radius 2 is 1.70 bits per heavy atom. The molecule has 0 saturated heterocycles. The van der Waals surface area contributed by atoms with Gasteiger partial charge >= 0.3 is 5.97 Å². The van der Waals surface area contributed by atoms with E-state index < -0.39 is 33.4 Å². The second-order valence-electron chi connectivity index (χ2n) is 4.97. The molecule has 0 aromatic heterocycles. The summed E-state index contributed by atoms with van der Waals surface area (Å²) in [6, 6.07) is 5.10. The van der Waals surface area contributed by atoms with Gasteiger partial charge in [0, 0.05) is 26.2 Å². The van der Waals surface area contributed by atoms with E-state index in [9.17, 15) is 22.8 Å². The van der Waals surface area contributed by atoms with Crippen LogP contribution in [0.5, 0.6) is 0 Å². The third-order valence-electron chi connectivity index (χ3n) is 2.91. The van der Waals surface area contributed by atoms with Crippen molar-refractivity contribution in [3.63, 3.8) is 0 Å². The minimum absolute atomic E-state index is 0.0223. The molecule has 2 N–H and O–H groups in total. The lowest BCUT2D eigenvalue weighted by Crippen LogP contribution is -2.29. The van der Waals surface area contributed by atoms with Crippen LogP contribution in [0.25, 0.3) is 0 Å². The fraction of sp³-hybridized carbons (Fsp3) is 0.357. The van der Waals surface area contributed by atoms with E-state index in [4.69, 9.17) is 5.11 Å². The zero-order valence-electron chi connectivity index (χ0n) is 12.8. The lowest BCUT2D eigenvalue weighted by atomic mass is 10.2. The standard InChI is InChI=1S/C14H18N2O6S/c1-16(2)12(17)9-23(21,22)11-5-3-10(4-6-11)14(20)15-8-7-13(18)19/h3-6H,7-9H2,1-2H3,(H,15,20)(H,18,19). The average molecular weight is 342 g/mol. The number of benzene rings is 1. The Hall–Kier alpha value is -2.42. The van der Waals surface area contributed by atoms with Crippen molar-refractivity contribution in [2.45, 2.75) is 11.3 Å². The second kappa shape index (κ2) is 7.73. The molecule has 1 aromatic rings. The first-order valence-electron chi connectivity index (χ1n) is 6.66. The molecular formula is C14H18N2O6S. The van der Waals surface area contributed by atoms with Crippen LogP contribution in [0.2, 0.25) is 0 Å². The number of carbonyl (C=O) groups excluding carboxylic acids is 2. The summed E-state index contributed by atoms with van der Waals surface area (Å²) in [5, 5.41) is 10.9. The molecule has 0 heterocycles. The number of hydrogen-bond acceptors (Lipinski definition) is 5. The van der Waals surface area contributed by atoms with Crippen LogP contribution in [0.15, 0.2) is 29.2 Å². The molecule has 23 heavy (non-hydrogen) atoms. The monoisotopic (exact) mass is 342 g/mol. The van der Waals surface area contributed by atoms with Crippen LogP contribution in [-0.4, -0.2) is 62.6 Å². The Morgan fingerprint density at radius 3 is 2.17 bits per heavy atom. The first-order valence-corrected chi connectivity index (χ1v) is 8.31. The highest BCUT2D eigenvalue weighted by atomic mass is 32.2. The lowest BCUT2D eigenvalue weighted by molar-refractivity contribution is -0.136. The fourth-order valence-electron chi connectivity index (χ4n) is 1.57. The summed E-state index contributed by atoms with van der Waals surface area (Å²) in [6.07, 6.45) is -0.204. The first kappa shape index (κ1) is 18.6. The Morgan fingerprint density at radius 1 is 1.13 bits per heavy atom. The number of sulfone groups is 1. The van der Waals surface area contributed by atoms with Gasteiger partial charge in [0.05, 0.1) is 11.3 Å². The van der Waals surface area contributed by atoms with Crippen molar-refractivity contribution in [1.82, 2.24) is 10.2 Å². The molecule has 1 aromatic carbocycles. The number of carboxylic acid groups (broad SMARTS) is 1. The maximum atomic E-state index is 12.1. The van der Waals surface area contributed by atoms with E-state index in [1.165, 1.54) is 43.3 Å². The predicted octanol–water partition coefficient (Wildman–Crippen LogP) is -0.247. The summed E-state index contributed by atoms with van der Waals surface area (Å²) in [4.78, 5) is 34.7. The van der Waals surface area contributed by atoms with Crippen molar-refractivity contribution in [3.05, 3.63) is 29.8 Å². The molecule has 0 atom stereocenters. The summed E-state index contributed by atoms with van der Waals surface area (Å²) in [6.45, 7) is -0.0223. The van der Waals surface area contributed by atoms with Gasteiger partial charge in [-0.25, -0.2) is 8.42 Å². The Kier molecular flexibility index (Phi) is 6.26. The van der Waals surface area contributed by atoms with Gasteiger partial charge in [-0.1, -0.05) is 0 Å². The molecule has 0 aliphatic carbocycles. The smallest absolute Gasteiger partial charge is 0.305 e. The van der Waals surface area contributed by atoms with Gasteiger partial charge in [-0.3, -0.25) is 14.4 Å². The summed E-state index contributed by atoms with van der Waals surface area (Å²) in [5.74, 6) is -2.72. The maximum absolute atomic E-state index is 12.1. The molecule has 0 unspecified atom stereocenters. The minimum atomic E-state index is -3.78. The van der Waals surface area contributed by atoms with Crippen molar-refractivity contribution in [3.8, 4) is 0 Å². The summed E-state index contributed by atoms with van der Waals surface area (Å²) >= 11 is 0. The Bertz CT molecular complexity index is 694. The van der Waals surface area contributed by atoms with Crippen LogP contribution in [0.4, 0.5) is 0 Å². The van der Waals surface area contributed by atoms with Crippen molar-refractivity contribution >= 4 is 27.6 Å². The molecular weight excluding hydrogens is 324 g/mol. The highest BCUT2D eigenvalue weighted by Gasteiger charge is 2.20. The van der Waals surface area contributed by atoms with E-state index in [2.05, 4.69) is 5.32 Å². The minimum Gasteiger partial charge on any atom is -0.481 e. The molecule has 0 spiro atoms. The van der Waals surface area contributed by atoms with Crippen molar-refractivity contribution < 1.29 is 27.9 Å². The van der Waals surface area contributed by atoms with E-state index in [0.717, 1.165) is 0 Å². The topological polar surface area (TPSA) is 121 Å². The van der Waals surface area contributed by atoms with Crippen LogP contribution in [-0.2, 0) is 19.4 Å². The molecule has 0 aliphatic heterocycles. The third kappa shape index (κ3) is 5.70.